The number of urea groups is 1. The SMILES string of the molecule is COc1ccc(NC(=O)c2ccc(NC(=O)NC3CCS(=O)(=O)C3)cc2)cc1. The Hall–Kier alpha value is -3.07. The van der Waals surface area contributed by atoms with Gasteiger partial charge in [0.15, 0.2) is 9.84 Å². The van der Waals surface area contributed by atoms with Gasteiger partial charge in [0, 0.05) is 23.0 Å². The maximum Gasteiger partial charge on any atom is 0.319 e. The maximum absolute atomic E-state index is 12.3. The summed E-state index contributed by atoms with van der Waals surface area (Å²) in [6, 6.07) is 12.5. The third kappa shape index (κ3) is 5.23. The predicted octanol–water partition coefficient (Wildman–Crippen LogP) is 2.26. The van der Waals surface area contributed by atoms with Crippen molar-refractivity contribution in [1.82, 2.24) is 5.32 Å². The molecule has 3 amide bonds. The van der Waals surface area contributed by atoms with Crippen LogP contribution < -0.4 is 20.7 Å². The Balaban J connectivity index is 1.53. The van der Waals surface area contributed by atoms with Crippen LogP contribution in [0.3, 0.4) is 0 Å². The minimum absolute atomic E-state index is 0.0368. The van der Waals surface area contributed by atoms with Crippen molar-refractivity contribution in [1.29, 1.82) is 0 Å². The number of benzene rings is 2. The topological polar surface area (TPSA) is 114 Å². The van der Waals surface area contributed by atoms with Crippen LogP contribution in [0.4, 0.5) is 16.2 Å². The Morgan fingerprint density at radius 3 is 2.14 bits per heavy atom. The molecule has 1 fully saturated rings. The summed E-state index contributed by atoms with van der Waals surface area (Å²) in [4.78, 5) is 24.3. The number of ether oxygens (including phenoxy) is 1. The molecule has 1 aliphatic heterocycles. The van der Waals surface area contributed by atoms with Crippen LogP contribution in [0.5, 0.6) is 5.75 Å². The van der Waals surface area contributed by atoms with E-state index in [1.165, 1.54) is 0 Å². The fraction of sp³-hybridized carbons (Fsp3) is 0.263. The highest BCUT2D eigenvalue weighted by Gasteiger charge is 2.28. The average Bonchev–Trinajstić information content (AvgIpc) is 3.01. The zero-order chi connectivity index (χ0) is 20.1. The van der Waals surface area contributed by atoms with Gasteiger partial charge < -0.3 is 20.7 Å². The number of nitrogens with one attached hydrogen (secondary N) is 3. The quantitative estimate of drug-likeness (QED) is 0.709. The third-order valence-electron chi connectivity index (χ3n) is 4.32. The summed E-state index contributed by atoms with van der Waals surface area (Å²) in [5.74, 6) is 0.472. The molecule has 0 radical (unpaired) electrons. The summed E-state index contributed by atoms with van der Waals surface area (Å²) in [5.41, 5.74) is 1.57. The van der Waals surface area contributed by atoms with Gasteiger partial charge in [-0.2, -0.15) is 0 Å². The number of hydrogen-bond acceptors (Lipinski definition) is 5. The van der Waals surface area contributed by atoms with E-state index in [2.05, 4.69) is 16.0 Å². The molecule has 3 rings (SSSR count). The minimum atomic E-state index is -3.05. The summed E-state index contributed by atoms with van der Waals surface area (Å²) < 4.78 is 27.9. The molecule has 1 atom stereocenters. The van der Waals surface area contributed by atoms with E-state index in [-0.39, 0.29) is 23.5 Å². The van der Waals surface area contributed by atoms with E-state index in [4.69, 9.17) is 4.74 Å². The first kappa shape index (κ1) is 19.7. The second-order valence-corrected chi connectivity index (χ2v) is 8.69. The summed E-state index contributed by atoms with van der Waals surface area (Å²) in [6.45, 7) is 0. The molecule has 2 aromatic carbocycles. The summed E-state index contributed by atoms with van der Waals surface area (Å²) in [7, 11) is -1.48. The van der Waals surface area contributed by atoms with Crippen LogP contribution in [0.1, 0.15) is 16.8 Å². The second kappa shape index (κ2) is 8.30. The Morgan fingerprint density at radius 1 is 0.964 bits per heavy atom. The lowest BCUT2D eigenvalue weighted by Crippen LogP contribution is -2.38. The number of anilines is 2. The van der Waals surface area contributed by atoms with E-state index < -0.39 is 15.9 Å². The molecule has 1 heterocycles. The highest BCUT2D eigenvalue weighted by molar-refractivity contribution is 7.91. The largest absolute Gasteiger partial charge is 0.497 e. The van der Waals surface area contributed by atoms with E-state index >= 15 is 0 Å². The van der Waals surface area contributed by atoms with Gasteiger partial charge in [-0.1, -0.05) is 0 Å². The Kier molecular flexibility index (Phi) is 5.84. The maximum atomic E-state index is 12.3. The fourth-order valence-corrected chi connectivity index (χ4v) is 4.52. The van der Waals surface area contributed by atoms with Crippen LogP contribution in [-0.4, -0.2) is 45.0 Å². The molecule has 8 nitrogen and oxygen atoms in total. The Bertz CT molecular complexity index is 956. The van der Waals surface area contributed by atoms with Crippen molar-refractivity contribution >= 4 is 33.2 Å². The smallest absolute Gasteiger partial charge is 0.319 e. The normalized spacial score (nSPS) is 17.5. The third-order valence-corrected chi connectivity index (χ3v) is 6.09. The molecular formula is C19H21N3O5S. The fourth-order valence-electron chi connectivity index (χ4n) is 2.84. The number of rotatable bonds is 5. The van der Waals surface area contributed by atoms with Gasteiger partial charge in [-0.15, -0.1) is 0 Å². The van der Waals surface area contributed by atoms with Crippen LogP contribution in [0.25, 0.3) is 0 Å². The molecule has 1 saturated heterocycles. The van der Waals surface area contributed by atoms with Gasteiger partial charge >= 0.3 is 6.03 Å². The van der Waals surface area contributed by atoms with Gasteiger partial charge in [0.05, 0.1) is 18.6 Å². The lowest BCUT2D eigenvalue weighted by Gasteiger charge is -2.12. The number of sulfone groups is 1. The van der Waals surface area contributed by atoms with Crippen molar-refractivity contribution in [3.05, 3.63) is 54.1 Å². The second-order valence-electron chi connectivity index (χ2n) is 6.46. The van der Waals surface area contributed by atoms with Gasteiger partial charge in [0.1, 0.15) is 5.75 Å². The van der Waals surface area contributed by atoms with E-state index in [1.807, 2.05) is 0 Å². The molecule has 0 spiro atoms. The molecule has 9 heteroatoms. The number of carbonyl (C=O) groups is 2. The van der Waals surface area contributed by atoms with Crippen molar-refractivity contribution in [3.63, 3.8) is 0 Å². The first-order valence-electron chi connectivity index (χ1n) is 8.68. The number of carbonyl (C=O) groups excluding carboxylic acids is 2. The summed E-state index contributed by atoms with van der Waals surface area (Å²) >= 11 is 0. The highest BCUT2D eigenvalue weighted by Crippen LogP contribution is 2.17. The zero-order valence-corrected chi connectivity index (χ0v) is 16.1. The summed E-state index contributed by atoms with van der Waals surface area (Å²) in [6.07, 6.45) is 0.417. The van der Waals surface area contributed by atoms with Crippen molar-refractivity contribution in [2.75, 3.05) is 29.2 Å². The minimum Gasteiger partial charge on any atom is -0.497 e. The highest BCUT2D eigenvalue weighted by atomic mass is 32.2. The Labute approximate surface area is 163 Å². The van der Waals surface area contributed by atoms with Gasteiger partial charge in [0.25, 0.3) is 5.91 Å². The molecule has 0 saturated carbocycles. The van der Waals surface area contributed by atoms with Crippen LogP contribution in [-0.2, 0) is 9.84 Å². The molecule has 1 aliphatic rings. The monoisotopic (exact) mass is 403 g/mol. The average molecular weight is 403 g/mol. The van der Waals surface area contributed by atoms with Crippen molar-refractivity contribution in [2.45, 2.75) is 12.5 Å². The van der Waals surface area contributed by atoms with Crippen molar-refractivity contribution in [3.8, 4) is 5.75 Å². The zero-order valence-electron chi connectivity index (χ0n) is 15.3. The number of hydrogen-bond donors (Lipinski definition) is 3. The first-order chi connectivity index (χ1) is 13.3. The number of amides is 3. The van der Waals surface area contributed by atoms with Crippen LogP contribution in [0.2, 0.25) is 0 Å². The predicted molar refractivity (Wildman–Crippen MR) is 107 cm³/mol. The summed E-state index contributed by atoms with van der Waals surface area (Å²) in [5, 5.41) is 8.05. The molecule has 28 heavy (non-hydrogen) atoms. The van der Waals surface area contributed by atoms with Gasteiger partial charge in [-0.25, -0.2) is 13.2 Å². The molecule has 0 bridgehead atoms. The Morgan fingerprint density at radius 2 is 1.57 bits per heavy atom. The number of methoxy groups -OCH3 is 1. The van der Waals surface area contributed by atoms with Crippen molar-refractivity contribution in [2.24, 2.45) is 0 Å². The van der Waals surface area contributed by atoms with Gasteiger partial charge in [-0.3, -0.25) is 4.79 Å². The molecule has 0 aliphatic carbocycles. The molecule has 148 valence electrons. The van der Waals surface area contributed by atoms with Gasteiger partial charge in [-0.05, 0) is 55.0 Å². The van der Waals surface area contributed by atoms with Crippen LogP contribution in [0.15, 0.2) is 48.5 Å². The molecule has 1 unspecified atom stereocenters. The van der Waals surface area contributed by atoms with Gasteiger partial charge in [0.2, 0.25) is 0 Å². The standard InChI is InChI=1S/C19H21N3O5S/c1-27-17-8-6-14(7-9-17)20-18(23)13-2-4-15(5-3-13)21-19(24)22-16-10-11-28(25,26)12-16/h2-9,16H,10-12H2,1H3,(H,20,23)(H2,21,22,24). The van der Waals surface area contributed by atoms with E-state index in [0.717, 1.165) is 0 Å². The van der Waals surface area contributed by atoms with E-state index in [0.29, 0.717) is 29.1 Å². The lowest BCUT2D eigenvalue weighted by atomic mass is 10.2. The van der Waals surface area contributed by atoms with E-state index in [1.54, 1.807) is 55.6 Å². The molecular weight excluding hydrogens is 382 g/mol. The molecule has 0 aromatic heterocycles. The first-order valence-corrected chi connectivity index (χ1v) is 10.5. The van der Waals surface area contributed by atoms with E-state index in [9.17, 15) is 18.0 Å². The molecule has 3 N–H and O–H groups in total. The lowest BCUT2D eigenvalue weighted by molar-refractivity contribution is 0.102. The molecule has 2 aromatic rings. The van der Waals surface area contributed by atoms with Crippen LogP contribution >= 0.6 is 0 Å². The van der Waals surface area contributed by atoms with Crippen LogP contribution in [0, 0.1) is 0 Å². The van der Waals surface area contributed by atoms with Crippen molar-refractivity contribution < 1.29 is 22.7 Å².